The average Bonchev–Trinajstić information content (AvgIpc) is 3.41. The van der Waals surface area contributed by atoms with E-state index >= 15 is 0 Å². The van der Waals surface area contributed by atoms with Gasteiger partial charge in [-0.05, 0) is 44.1 Å². The third-order valence-electron chi connectivity index (χ3n) is 5.40. The molecule has 0 saturated carbocycles. The molecule has 30 heavy (non-hydrogen) atoms. The van der Waals surface area contributed by atoms with E-state index in [9.17, 15) is 4.79 Å². The molecular formula is C21H22N8O. The zero-order chi connectivity index (χ0) is 20.5. The van der Waals surface area contributed by atoms with Crippen LogP contribution in [0.4, 0.5) is 10.5 Å². The van der Waals surface area contributed by atoms with Gasteiger partial charge in [0.1, 0.15) is 0 Å². The molecule has 2 amide bonds. The lowest BCUT2D eigenvalue weighted by molar-refractivity contribution is 0.259. The summed E-state index contributed by atoms with van der Waals surface area (Å²) in [7, 11) is 0. The van der Waals surface area contributed by atoms with E-state index in [0.29, 0.717) is 11.7 Å². The molecule has 1 fully saturated rings. The van der Waals surface area contributed by atoms with Crippen LogP contribution < -0.4 is 16.4 Å². The van der Waals surface area contributed by atoms with E-state index in [2.05, 4.69) is 36.7 Å². The normalized spacial score (nSPS) is 14.8. The summed E-state index contributed by atoms with van der Waals surface area (Å²) in [5.74, 6) is 0. The molecule has 152 valence electrons. The Kier molecular flexibility index (Phi) is 4.64. The van der Waals surface area contributed by atoms with E-state index in [-0.39, 0.29) is 0 Å². The average molecular weight is 402 g/mol. The molecule has 4 aromatic rings. The van der Waals surface area contributed by atoms with Crippen LogP contribution in [0.3, 0.4) is 0 Å². The van der Waals surface area contributed by atoms with Gasteiger partial charge in [-0.25, -0.2) is 14.3 Å². The lowest BCUT2D eigenvalue weighted by atomic mass is 10.1. The molecule has 0 atom stereocenters. The first-order chi connectivity index (χ1) is 14.7. The molecule has 1 saturated heterocycles. The van der Waals surface area contributed by atoms with E-state index in [1.807, 2.05) is 36.7 Å². The third-order valence-corrected chi connectivity index (χ3v) is 5.40. The van der Waals surface area contributed by atoms with Crippen molar-refractivity contribution in [1.82, 2.24) is 29.7 Å². The number of carbonyl (C=O) groups is 1. The standard InChI is InChI=1S/C21H22N8O/c22-21(30)27-17-3-1-2-14(8-17)19-12-24-20-9-15(10-26-29(19)20)16-11-25-28(13-16)18-4-6-23-7-5-18/h1-3,8-13,18,23H,4-7H2,(H3,22,27,30). The van der Waals surface area contributed by atoms with E-state index in [0.717, 1.165) is 54.0 Å². The molecule has 3 aromatic heterocycles. The fourth-order valence-electron chi connectivity index (χ4n) is 3.89. The van der Waals surface area contributed by atoms with E-state index in [1.54, 1.807) is 16.8 Å². The Morgan fingerprint density at radius 1 is 1.07 bits per heavy atom. The number of hydrogen-bond acceptors (Lipinski definition) is 5. The van der Waals surface area contributed by atoms with Gasteiger partial charge in [-0.1, -0.05) is 12.1 Å². The Morgan fingerprint density at radius 3 is 2.73 bits per heavy atom. The molecular weight excluding hydrogens is 380 g/mol. The molecule has 1 aliphatic rings. The summed E-state index contributed by atoms with van der Waals surface area (Å²) in [6, 6.07) is 9.26. The molecule has 1 aliphatic heterocycles. The van der Waals surface area contributed by atoms with Gasteiger partial charge in [-0.2, -0.15) is 10.2 Å². The largest absolute Gasteiger partial charge is 0.351 e. The molecule has 0 bridgehead atoms. The van der Waals surface area contributed by atoms with Gasteiger partial charge in [-0.3, -0.25) is 4.68 Å². The maximum atomic E-state index is 11.1. The van der Waals surface area contributed by atoms with Crippen LogP contribution in [0.2, 0.25) is 0 Å². The van der Waals surface area contributed by atoms with Crippen molar-refractivity contribution < 1.29 is 4.79 Å². The maximum Gasteiger partial charge on any atom is 0.316 e. The minimum absolute atomic E-state index is 0.441. The number of nitrogens with one attached hydrogen (secondary N) is 2. The second-order valence-corrected chi connectivity index (χ2v) is 7.42. The monoisotopic (exact) mass is 402 g/mol. The summed E-state index contributed by atoms with van der Waals surface area (Å²) >= 11 is 0. The maximum absolute atomic E-state index is 11.1. The molecule has 0 spiro atoms. The van der Waals surface area contributed by atoms with Crippen molar-refractivity contribution in [1.29, 1.82) is 0 Å². The van der Waals surface area contributed by atoms with Crippen molar-refractivity contribution in [3.8, 4) is 22.4 Å². The summed E-state index contributed by atoms with van der Waals surface area (Å²) in [5.41, 5.74) is 10.3. The van der Waals surface area contributed by atoms with Crippen molar-refractivity contribution in [2.45, 2.75) is 18.9 Å². The number of imidazole rings is 1. The van der Waals surface area contributed by atoms with Gasteiger partial charge in [0.15, 0.2) is 5.65 Å². The smallest absolute Gasteiger partial charge is 0.316 e. The van der Waals surface area contributed by atoms with Crippen LogP contribution in [-0.2, 0) is 0 Å². The molecule has 9 nitrogen and oxygen atoms in total. The number of amides is 2. The predicted octanol–water partition coefficient (Wildman–Crippen LogP) is 2.67. The molecule has 0 radical (unpaired) electrons. The van der Waals surface area contributed by atoms with Gasteiger partial charge < -0.3 is 16.4 Å². The molecule has 0 aliphatic carbocycles. The van der Waals surface area contributed by atoms with Crippen LogP contribution >= 0.6 is 0 Å². The van der Waals surface area contributed by atoms with Crippen LogP contribution in [0.5, 0.6) is 0 Å². The summed E-state index contributed by atoms with van der Waals surface area (Å²) in [6.07, 6.45) is 9.75. The zero-order valence-electron chi connectivity index (χ0n) is 16.3. The van der Waals surface area contributed by atoms with Crippen molar-refractivity contribution in [2.24, 2.45) is 5.73 Å². The third kappa shape index (κ3) is 3.50. The molecule has 0 unspecified atom stereocenters. The van der Waals surface area contributed by atoms with E-state index in [1.165, 1.54) is 0 Å². The van der Waals surface area contributed by atoms with Crippen molar-refractivity contribution in [2.75, 3.05) is 18.4 Å². The number of urea groups is 1. The Bertz CT molecular complexity index is 1200. The molecule has 4 N–H and O–H groups in total. The molecule has 5 rings (SSSR count). The van der Waals surface area contributed by atoms with Crippen molar-refractivity contribution in [3.05, 3.63) is 55.1 Å². The highest BCUT2D eigenvalue weighted by Crippen LogP contribution is 2.27. The Hall–Kier alpha value is -3.72. The summed E-state index contributed by atoms with van der Waals surface area (Å²) in [6.45, 7) is 2.06. The fraction of sp³-hybridized carbons (Fsp3) is 0.238. The number of benzene rings is 1. The summed E-state index contributed by atoms with van der Waals surface area (Å²) in [5, 5.41) is 15.1. The lowest BCUT2D eigenvalue weighted by Gasteiger charge is -2.22. The minimum Gasteiger partial charge on any atom is -0.351 e. The Morgan fingerprint density at radius 2 is 1.90 bits per heavy atom. The first kappa shape index (κ1) is 18.3. The number of aromatic nitrogens is 5. The van der Waals surface area contributed by atoms with Crippen molar-refractivity contribution >= 4 is 17.4 Å². The van der Waals surface area contributed by atoms with Gasteiger partial charge in [0, 0.05) is 28.6 Å². The first-order valence-corrected chi connectivity index (χ1v) is 9.93. The number of nitrogens with zero attached hydrogens (tertiary/aromatic N) is 5. The Balaban J connectivity index is 1.44. The van der Waals surface area contributed by atoms with Gasteiger partial charge in [-0.15, -0.1) is 0 Å². The van der Waals surface area contributed by atoms with Crippen LogP contribution in [0.15, 0.2) is 55.1 Å². The summed E-state index contributed by atoms with van der Waals surface area (Å²) < 4.78 is 3.85. The van der Waals surface area contributed by atoms with Crippen LogP contribution in [-0.4, -0.2) is 43.5 Å². The van der Waals surface area contributed by atoms with Crippen LogP contribution in [0.1, 0.15) is 18.9 Å². The minimum atomic E-state index is -0.599. The lowest BCUT2D eigenvalue weighted by Crippen LogP contribution is -2.29. The van der Waals surface area contributed by atoms with Gasteiger partial charge >= 0.3 is 6.03 Å². The molecule has 1 aromatic carbocycles. The first-order valence-electron chi connectivity index (χ1n) is 9.93. The number of anilines is 1. The highest BCUT2D eigenvalue weighted by atomic mass is 16.2. The van der Waals surface area contributed by atoms with Crippen molar-refractivity contribution in [3.63, 3.8) is 0 Å². The number of nitrogens with two attached hydrogens (primary N) is 1. The topological polar surface area (TPSA) is 115 Å². The highest BCUT2D eigenvalue weighted by Gasteiger charge is 2.16. The second kappa shape index (κ2) is 7.60. The number of hydrogen-bond donors (Lipinski definition) is 3. The van der Waals surface area contributed by atoms with Gasteiger partial charge in [0.2, 0.25) is 0 Å². The highest BCUT2D eigenvalue weighted by molar-refractivity contribution is 5.88. The van der Waals surface area contributed by atoms with E-state index in [4.69, 9.17) is 5.73 Å². The summed E-state index contributed by atoms with van der Waals surface area (Å²) in [4.78, 5) is 15.6. The second-order valence-electron chi connectivity index (χ2n) is 7.42. The zero-order valence-corrected chi connectivity index (χ0v) is 16.3. The quantitative estimate of drug-likeness (QED) is 0.485. The van der Waals surface area contributed by atoms with Crippen LogP contribution in [0, 0.1) is 0 Å². The number of carbonyl (C=O) groups excluding carboxylic acids is 1. The SMILES string of the molecule is NC(=O)Nc1cccc(-c2cnc3cc(-c4cnn(C5CCNCC5)c4)cnn23)c1. The number of fused-ring (bicyclic) bond motifs is 1. The molecule has 9 heteroatoms. The number of piperidine rings is 1. The number of primary amides is 1. The number of rotatable bonds is 4. The van der Waals surface area contributed by atoms with Gasteiger partial charge in [0.05, 0.1) is 30.3 Å². The Labute approximate surface area is 172 Å². The predicted molar refractivity (Wildman–Crippen MR) is 114 cm³/mol. The molecule has 4 heterocycles. The van der Waals surface area contributed by atoms with Gasteiger partial charge in [0.25, 0.3) is 0 Å². The van der Waals surface area contributed by atoms with E-state index < -0.39 is 6.03 Å². The van der Waals surface area contributed by atoms with Crippen LogP contribution in [0.25, 0.3) is 28.0 Å². The fourth-order valence-corrected chi connectivity index (χ4v) is 3.89.